The number of nitrogens with one attached hydrogen (secondary N) is 1. The first-order chi connectivity index (χ1) is 8.16. The summed E-state index contributed by atoms with van der Waals surface area (Å²) in [4.78, 5) is 4.49. The summed E-state index contributed by atoms with van der Waals surface area (Å²) < 4.78 is 2.25. The summed E-state index contributed by atoms with van der Waals surface area (Å²) >= 11 is 0. The van der Waals surface area contributed by atoms with Gasteiger partial charge in [-0.25, -0.2) is 4.98 Å². The second-order valence-corrected chi connectivity index (χ2v) is 5.59. The maximum Gasteiger partial charge on any atom is 0.0998 e. The number of fused-ring (bicyclic) bond motifs is 1. The molecule has 0 saturated carbocycles. The van der Waals surface area contributed by atoms with Crippen LogP contribution in [0.4, 0.5) is 0 Å². The number of allylic oxidation sites excluding steroid dienone is 4. The molecule has 3 nitrogen and oxygen atoms in total. The largest absolute Gasteiger partial charge is 0.311 e. The van der Waals surface area contributed by atoms with Crippen LogP contribution in [0, 0.1) is 5.41 Å². The lowest BCUT2D eigenvalue weighted by Gasteiger charge is -2.24. The lowest BCUT2D eigenvalue weighted by molar-refractivity contribution is 0.484. The van der Waals surface area contributed by atoms with E-state index >= 15 is 0 Å². The molecule has 0 fully saturated rings. The maximum absolute atomic E-state index is 4.49. The average Bonchev–Trinajstić information content (AvgIpc) is 2.73. The molecule has 1 N–H and O–H groups in total. The fourth-order valence-electron chi connectivity index (χ4n) is 2.45. The molecular formula is C14H19N3. The van der Waals surface area contributed by atoms with Crippen LogP contribution in [-0.4, -0.2) is 16.1 Å². The molecule has 0 saturated heterocycles. The standard InChI is InChI=1S/C14H19N3/c1-14(2)6-3-11(4-7-14)17-10-16-12-9-15-8-5-13(12)17/h3-4,6,10,15H,5,7-9H2,1-2H3. The number of rotatable bonds is 1. The molecule has 0 unspecified atom stereocenters. The third kappa shape index (κ3) is 1.95. The van der Waals surface area contributed by atoms with Gasteiger partial charge in [-0.05, 0) is 17.9 Å². The maximum atomic E-state index is 4.49. The molecule has 3 heteroatoms. The predicted molar refractivity (Wildman–Crippen MR) is 69.4 cm³/mol. The van der Waals surface area contributed by atoms with Crippen molar-refractivity contribution in [2.45, 2.75) is 33.2 Å². The SMILES string of the molecule is CC1(C)C=CC(n2cnc3c2CCNC3)=CC1. The Balaban J connectivity index is 1.94. The first kappa shape index (κ1) is 10.8. The number of aromatic nitrogens is 2. The van der Waals surface area contributed by atoms with E-state index in [-0.39, 0.29) is 0 Å². The van der Waals surface area contributed by atoms with Crippen LogP contribution in [0.3, 0.4) is 0 Å². The summed E-state index contributed by atoms with van der Waals surface area (Å²) in [5.74, 6) is 0. The van der Waals surface area contributed by atoms with Crippen LogP contribution in [0.2, 0.25) is 0 Å². The van der Waals surface area contributed by atoms with Crippen molar-refractivity contribution in [1.82, 2.24) is 14.9 Å². The number of nitrogens with zero attached hydrogens (tertiary/aromatic N) is 2. The number of imidazole rings is 1. The van der Waals surface area contributed by atoms with Gasteiger partial charge in [-0.3, -0.25) is 0 Å². The zero-order valence-electron chi connectivity index (χ0n) is 10.5. The Morgan fingerprint density at radius 1 is 1.41 bits per heavy atom. The van der Waals surface area contributed by atoms with E-state index in [1.807, 2.05) is 6.33 Å². The molecule has 17 heavy (non-hydrogen) atoms. The Morgan fingerprint density at radius 3 is 3.06 bits per heavy atom. The van der Waals surface area contributed by atoms with E-state index in [0.717, 1.165) is 25.9 Å². The highest BCUT2D eigenvalue weighted by molar-refractivity contribution is 5.60. The van der Waals surface area contributed by atoms with E-state index in [9.17, 15) is 0 Å². The highest BCUT2D eigenvalue weighted by Crippen LogP contribution is 2.30. The van der Waals surface area contributed by atoms with Crippen molar-refractivity contribution in [3.63, 3.8) is 0 Å². The van der Waals surface area contributed by atoms with Gasteiger partial charge in [-0.15, -0.1) is 0 Å². The minimum Gasteiger partial charge on any atom is -0.311 e. The molecule has 1 aromatic heterocycles. The van der Waals surface area contributed by atoms with E-state index in [0.29, 0.717) is 5.41 Å². The van der Waals surface area contributed by atoms with E-state index in [4.69, 9.17) is 0 Å². The monoisotopic (exact) mass is 229 g/mol. The first-order valence-corrected chi connectivity index (χ1v) is 6.31. The Bertz CT molecular complexity index is 492. The molecule has 0 spiro atoms. The highest BCUT2D eigenvalue weighted by Gasteiger charge is 2.20. The van der Waals surface area contributed by atoms with Gasteiger partial charge in [-0.1, -0.05) is 26.0 Å². The lowest BCUT2D eigenvalue weighted by Crippen LogP contribution is -2.25. The second-order valence-electron chi connectivity index (χ2n) is 5.59. The first-order valence-electron chi connectivity index (χ1n) is 6.31. The summed E-state index contributed by atoms with van der Waals surface area (Å²) in [6.07, 6.45) is 11.0. The molecule has 0 radical (unpaired) electrons. The van der Waals surface area contributed by atoms with Gasteiger partial charge in [-0.2, -0.15) is 0 Å². The molecule has 0 bridgehead atoms. The minimum atomic E-state index is 0.297. The topological polar surface area (TPSA) is 29.9 Å². The van der Waals surface area contributed by atoms with E-state index < -0.39 is 0 Å². The molecule has 2 aliphatic rings. The van der Waals surface area contributed by atoms with Crippen molar-refractivity contribution in [3.05, 3.63) is 35.9 Å². The minimum absolute atomic E-state index is 0.297. The Hall–Kier alpha value is -1.35. The quantitative estimate of drug-likeness (QED) is 0.801. The number of hydrogen-bond acceptors (Lipinski definition) is 2. The van der Waals surface area contributed by atoms with Gasteiger partial charge in [0.25, 0.3) is 0 Å². The molecule has 1 aliphatic heterocycles. The van der Waals surface area contributed by atoms with Crippen molar-refractivity contribution in [2.24, 2.45) is 5.41 Å². The van der Waals surface area contributed by atoms with E-state index in [1.165, 1.54) is 17.1 Å². The van der Waals surface area contributed by atoms with Crippen LogP contribution in [0.25, 0.3) is 5.70 Å². The van der Waals surface area contributed by atoms with Crippen molar-refractivity contribution in [2.75, 3.05) is 6.54 Å². The van der Waals surface area contributed by atoms with Crippen molar-refractivity contribution >= 4 is 5.70 Å². The van der Waals surface area contributed by atoms with Gasteiger partial charge in [0.15, 0.2) is 0 Å². The van der Waals surface area contributed by atoms with E-state index in [1.54, 1.807) is 0 Å². The van der Waals surface area contributed by atoms with Gasteiger partial charge in [0.1, 0.15) is 0 Å². The van der Waals surface area contributed by atoms with Crippen LogP contribution in [-0.2, 0) is 13.0 Å². The van der Waals surface area contributed by atoms with Crippen LogP contribution < -0.4 is 5.32 Å². The fourth-order valence-corrected chi connectivity index (χ4v) is 2.45. The van der Waals surface area contributed by atoms with Gasteiger partial charge < -0.3 is 9.88 Å². The van der Waals surface area contributed by atoms with Gasteiger partial charge in [0.05, 0.1) is 12.0 Å². The second kappa shape index (κ2) is 3.84. The summed E-state index contributed by atoms with van der Waals surface area (Å²) in [5, 5.41) is 3.36. The Morgan fingerprint density at radius 2 is 2.29 bits per heavy atom. The van der Waals surface area contributed by atoms with Crippen LogP contribution in [0.1, 0.15) is 31.7 Å². The molecule has 1 aliphatic carbocycles. The molecule has 90 valence electrons. The molecule has 2 heterocycles. The normalized spacial score (nSPS) is 22.1. The van der Waals surface area contributed by atoms with E-state index in [2.05, 4.69) is 46.9 Å². The molecule has 0 aromatic carbocycles. The van der Waals surface area contributed by atoms with Crippen molar-refractivity contribution in [3.8, 4) is 0 Å². The summed E-state index contributed by atoms with van der Waals surface area (Å²) in [6.45, 7) is 6.50. The zero-order valence-corrected chi connectivity index (χ0v) is 10.5. The summed E-state index contributed by atoms with van der Waals surface area (Å²) in [6, 6.07) is 0. The Kier molecular flexibility index (Phi) is 2.44. The van der Waals surface area contributed by atoms with Gasteiger partial charge in [0, 0.05) is 30.9 Å². The highest BCUT2D eigenvalue weighted by atomic mass is 15.1. The van der Waals surface area contributed by atoms with Gasteiger partial charge in [0.2, 0.25) is 0 Å². The fraction of sp³-hybridized carbons (Fsp3) is 0.500. The molecule has 3 rings (SSSR count). The molecule has 0 amide bonds. The van der Waals surface area contributed by atoms with Crippen LogP contribution in [0.15, 0.2) is 24.6 Å². The average molecular weight is 229 g/mol. The zero-order chi connectivity index (χ0) is 11.9. The van der Waals surface area contributed by atoms with Crippen molar-refractivity contribution in [1.29, 1.82) is 0 Å². The lowest BCUT2D eigenvalue weighted by atomic mass is 9.85. The van der Waals surface area contributed by atoms with Crippen LogP contribution in [0.5, 0.6) is 0 Å². The van der Waals surface area contributed by atoms with Crippen LogP contribution >= 0.6 is 0 Å². The summed E-state index contributed by atoms with van der Waals surface area (Å²) in [7, 11) is 0. The molecule has 0 atom stereocenters. The Labute approximate surface area is 102 Å². The third-order valence-electron chi connectivity index (χ3n) is 3.60. The molecular weight excluding hydrogens is 210 g/mol. The van der Waals surface area contributed by atoms with Gasteiger partial charge >= 0.3 is 0 Å². The number of hydrogen-bond donors (Lipinski definition) is 1. The smallest absolute Gasteiger partial charge is 0.0998 e. The molecule has 1 aromatic rings. The third-order valence-corrected chi connectivity index (χ3v) is 3.60. The predicted octanol–water partition coefficient (Wildman–Crippen LogP) is 2.36. The summed E-state index contributed by atoms with van der Waals surface area (Å²) in [5.41, 5.74) is 4.15. The van der Waals surface area contributed by atoms with Crippen molar-refractivity contribution < 1.29 is 0 Å².